The van der Waals surface area contributed by atoms with Crippen LogP contribution in [-0.4, -0.2) is 48.8 Å². The molecule has 0 spiro atoms. The van der Waals surface area contributed by atoms with Gasteiger partial charge in [0.15, 0.2) is 11.7 Å². The maximum atomic E-state index is 12.3. The largest absolute Gasteiger partial charge is 0.490 e. The quantitative estimate of drug-likeness (QED) is 0.194. The number of methoxy groups -OCH3 is 1. The van der Waals surface area contributed by atoms with Crippen molar-refractivity contribution in [1.82, 2.24) is 16.2 Å². The summed E-state index contributed by atoms with van der Waals surface area (Å²) in [6, 6.07) is 10.0. The maximum absolute atomic E-state index is 12.3. The lowest BCUT2D eigenvalue weighted by atomic mass is 10.2. The Morgan fingerprint density at radius 3 is 2.44 bits per heavy atom. The highest BCUT2D eigenvalue weighted by atomic mass is 79.9. The molecule has 0 aliphatic heterocycles. The monoisotopic (exact) mass is 526 g/mol. The van der Waals surface area contributed by atoms with Crippen LogP contribution in [-0.2, 0) is 9.53 Å². The third kappa shape index (κ3) is 8.09. The molecular formula is C19H19BrN4O7S. The van der Waals surface area contributed by atoms with Gasteiger partial charge in [0.25, 0.3) is 17.5 Å². The van der Waals surface area contributed by atoms with E-state index in [9.17, 15) is 19.7 Å². The summed E-state index contributed by atoms with van der Waals surface area (Å²) in [5.41, 5.74) is 4.87. The van der Waals surface area contributed by atoms with Crippen molar-refractivity contribution in [3.63, 3.8) is 0 Å². The molecule has 0 bridgehead atoms. The lowest BCUT2D eigenvalue weighted by Crippen LogP contribution is -2.49. The maximum Gasteiger partial charge on any atom is 0.276 e. The minimum absolute atomic E-state index is 0.0927. The van der Waals surface area contributed by atoms with E-state index in [1.54, 1.807) is 25.3 Å². The molecule has 2 aromatic carbocycles. The molecule has 0 fully saturated rings. The van der Waals surface area contributed by atoms with Crippen LogP contribution < -0.4 is 25.6 Å². The number of hydrogen-bond donors (Lipinski definition) is 3. The number of amides is 2. The second-order valence-electron chi connectivity index (χ2n) is 5.98. The number of hydrogen-bond acceptors (Lipinski definition) is 8. The number of hydrazine groups is 1. The van der Waals surface area contributed by atoms with Crippen molar-refractivity contribution in [2.45, 2.75) is 0 Å². The van der Waals surface area contributed by atoms with Crippen molar-refractivity contribution in [3.8, 4) is 11.5 Å². The Morgan fingerprint density at radius 1 is 1.09 bits per heavy atom. The zero-order valence-electron chi connectivity index (χ0n) is 16.8. The number of carbonyl (C=O) groups excluding carboxylic acids is 2. The third-order valence-corrected chi connectivity index (χ3v) is 4.52. The molecule has 2 amide bonds. The number of nitro benzene ring substituents is 1. The molecule has 11 nitrogen and oxygen atoms in total. The van der Waals surface area contributed by atoms with Gasteiger partial charge in [-0.05, 0) is 58.5 Å². The molecule has 13 heteroatoms. The average molecular weight is 527 g/mol. The van der Waals surface area contributed by atoms with E-state index >= 15 is 0 Å². The van der Waals surface area contributed by atoms with Crippen LogP contribution >= 0.6 is 28.1 Å². The van der Waals surface area contributed by atoms with Gasteiger partial charge in [0.1, 0.15) is 18.1 Å². The summed E-state index contributed by atoms with van der Waals surface area (Å²) >= 11 is 8.31. The van der Waals surface area contributed by atoms with Crippen LogP contribution in [0.5, 0.6) is 11.5 Å². The van der Waals surface area contributed by atoms with Crippen LogP contribution in [0.2, 0.25) is 0 Å². The molecule has 2 aromatic rings. The fourth-order valence-corrected chi connectivity index (χ4v) is 2.81. The fraction of sp³-hybridized carbons (Fsp3) is 0.211. The first-order valence-corrected chi connectivity index (χ1v) is 10.2. The SMILES string of the molecule is COCCOc1ccc(C(=O)NC(=S)NNC(=O)COc2ccc([N+](=O)[O-])cc2)cc1Br. The number of nitrogens with one attached hydrogen (secondary N) is 3. The van der Waals surface area contributed by atoms with E-state index in [4.69, 9.17) is 26.4 Å². The molecule has 0 unspecified atom stereocenters. The predicted molar refractivity (Wildman–Crippen MR) is 121 cm³/mol. The van der Waals surface area contributed by atoms with Gasteiger partial charge in [-0.25, -0.2) is 0 Å². The third-order valence-electron chi connectivity index (χ3n) is 3.70. The van der Waals surface area contributed by atoms with Gasteiger partial charge in [-0.3, -0.25) is 35.9 Å². The van der Waals surface area contributed by atoms with Gasteiger partial charge in [-0.2, -0.15) is 0 Å². The predicted octanol–water partition coefficient (Wildman–Crippen LogP) is 2.10. The summed E-state index contributed by atoms with van der Waals surface area (Å²) in [5.74, 6) is -0.246. The number of nitro groups is 1. The van der Waals surface area contributed by atoms with Crippen LogP contribution in [0.4, 0.5) is 5.69 Å². The average Bonchev–Trinajstić information content (AvgIpc) is 2.77. The van der Waals surface area contributed by atoms with Crippen molar-refractivity contribution in [3.05, 3.63) is 62.6 Å². The van der Waals surface area contributed by atoms with Gasteiger partial charge in [0, 0.05) is 24.8 Å². The second-order valence-corrected chi connectivity index (χ2v) is 7.25. The topological polar surface area (TPSA) is 141 Å². The number of thiocarbonyl (C=S) groups is 1. The highest BCUT2D eigenvalue weighted by Gasteiger charge is 2.12. The first kappa shape index (κ1) is 25.0. The summed E-state index contributed by atoms with van der Waals surface area (Å²) in [6.07, 6.45) is 0. The van der Waals surface area contributed by atoms with Crippen LogP contribution in [0.15, 0.2) is 46.9 Å². The molecule has 0 saturated carbocycles. The van der Waals surface area contributed by atoms with Crippen LogP contribution in [0.25, 0.3) is 0 Å². The first-order valence-electron chi connectivity index (χ1n) is 8.99. The molecule has 0 atom stereocenters. The zero-order valence-corrected chi connectivity index (χ0v) is 19.2. The van der Waals surface area contributed by atoms with E-state index in [2.05, 4.69) is 32.1 Å². The molecule has 3 N–H and O–H groups in total. The molecule has 0 radical (unpaired) electrons. The van der Waals surface area contributed by atoms with Crippen molar-refractivity contribution in [2.75, 3.05) is 26.9 Å². The number of nitrogens with zero attached hydrogens (tertiary/aromatic N) is 1. The minimum Gasteiger partial charge on any atom is -0.490 e. The van der Waals surface area contributed by atoms with Crippen molar-refractivity contribution in [2.24, 2.45) is 0 Å². The Balaban J connectivity index is 1.75. The normalized spacial score (nSPS) is 10.1. The standard InChI is InChI=1S/C19H19BrN4O7S/c1-29-8-9-30-16-7-2-12(10-15(16)20)18(26)21-19(32)23-22-17(25)11-31-14-5-3-13(4-6-14)24(27)28/h2-7,10H,8-9,11H2,1H3,(H,22,25)(H2,21,23,26,32). The molecule has 0 saturated heterocycles. The number of non-ortho nitro benzene ring substituents is 1. The molecule has 0 aliphatic carbocycles. The van der Waals surface area contributed by atoms with Crippen molar-refractivity contribution < 1.29 is 28.7 Å². The summed E-state index contributed by atoms with van der Waals surface area (Å²) in [4.78, 5) is 34.2. The van der Waals surface area contributed by atoms with E-state index < -0.39 is 16.7 Å². The van der Waals surface area contributed by atoms with Crippen LogP contribution in [0.1, 0.15) is 10.4 Å². The summed E-state index contributed by atoms with van der Waals surface area (Å²) in [7, 11) is 1.57. The molecular weight excluding hydrogens is 508 g/mol. The van der Waals surface area contributed by atoms with Crippen LogP contribution in [0, 0.1) is 10.1 Å². The summed E-state index contributed by atoms with van der Waals surface area (Å²) in [5, 5.41) is 12.9. The Bertz CT molecular complexity index is 988. The Hall–Kier alpha value is -3.29. The summed E-state index contributed by atoms with van der Waals surface area (Å²) in [6.45, 7) is 0.417. The number of ether oxygens (including phenoxy) is 3. The van der Waals surface area contributed by atoms with E-state index in [0.717, 1.165) is 0 Å². The molecule has 0 aliphatic rings. The first-order chi connectivity index (χ1) is 15.3. The molecule has 32 heavy (non-hydrogen) atoms. The van der Waals surface area contributed by atoms with Crippen molar-refractivity contribution in [1.29, 1.82) is 0 Å². The highest BCUT2D eigenvalue weighted by molar-refractivity contribution is 9.10. The number of halogens is 1. The van der Waals surface area contributed by atoms with E-state index in [1.807, 2.05) is 0 Å². The number of carbonyl (C=O) groups is 2. The van der Waals surface area contributed by atoms with E-state index in [-0.39, 0.29) is 23.2 Å². The highest BCUT2D eigenvalue weighted by Crippen LogP contribution is 2.26. The van der Waals surface area contributed by atoms with Crippen LogP contribution in [0.3, 0.4) is 0 Å². The smallest absolute Gasteiger partial charge is 0.276 e. The van der Waals surface area contributed by atoms with Gasteiger partial charge in [-0.15, -0.1) is 0 Å². The zero-order chi connectivity index (χ0) is 23.5. The second kappa shape index (κ2) is 12.5. The Labute approximate surface area is 196 Å². The van der Waals surface area contributed by atoms with Gasteiger partial charge >= 0.3 is 0 Å². The van der Waals surface area contributed by atoms with Gasteiger partial charge in [-0.1, -0.05) is 0 Å². The summed E-state index contributed by atoms with van der Waals surface area (Å²) < 4.78 is 16.2. The molecule has 2 rings (SSSR count). The molecule has 0 aromatic heterocycles. The Morgan fingerprint density at radius 2 is 1.81 bits per heavy atom. The molecule has 170 valence electrons. The Kier molecular flexibility index (Phi) is 9.78. The van der Waals surface area contributed by atoms with Gasteiger partial charge in [0.05, 0.1) is 16.0 Å². The lowest BCUT2D eigenvalue weighted by molar-refractivity contribution is -0.384. The number of benzene rings is 2. The fourth-order valence-electron chi connectivity index (χ4n) is 2.18. The van der Waals surface area contributed by atoms with Crippen molar-refractivity contribution >= 4 is 50.8 Å². The van der Waals surface area contributed by atoms with Gasteiger partial charge in [0.2, 0.25) is 0 Å². The lowest BCUT2D eigenvalue weighted by Gasteiger charge is -2.12. The number of rotatable bonds is 9. The van der Waals surface area contributed by atoms with Gasteiger partial charge < -0.3 is 14.2 Å². The van der Waals surface area contributed by atoms with E-state index in [0.29, 0.717) is 29.0 Å². The van der Waals surface area contributed by atoms with E-state index in [1.165, 1.54) is 24.3 Å². The minimum atomic E-state index is -0.583. The molecule has 0 heterocycles.